The zero-order valence-electron chi connectivity index (χ0n) is 11.3. The summed E-state index contributed by atoms with van der Waals surface area (Å²) in [5, 5.41) is 3.49. The summed E-state index contributed by atoms with van der Waals surface area (Å²) in [6.45, 7) is 8.48. The van der Waals surface area contributed by atoms with Gasteiger partial charge >= 0.3 is 0 Å². The standard InChI is InChI=1S/C14H28N2/c1-4-13(5-2)16(3)11-12-10-14(12)6-8-15-9-7-14/h12-13,15H,4-11H2,1-3H3. The molecule has 2 heteroatoms. The largest absolute Gasteiger partial charge is 0.317 e. The van der Waals surface area contributed by atoms with Crippen molar-refractivity contribution in [1.82, 2.24) is 10.2 Å². The van der Waals surface area contributed by atoms with Crippen LogP contribution in [0.5, 0.6) is 0 Å². The third kappa shape index (κ3) is 2.43. The number of nitrogens with one attached hydrogen (secondary N) is 1. The van der Waals surface area contributed by atoms with Crippen LogP contribution in [0.2, 0.25) is 0 Å². The molecule has 1 N–H and O–H groups in total. The second-order valence-electron chi connectivity index (χ2n) is 5.92. The highest BCUT2D eigenvalue weighted by atomic mass is 15.1. The minimum absolute atomic E-state index is 0.755. The van der Waals surface area contributed by atoms with Crippen molar-refractivity contribution >= 4 is 0 Å². The zero-order chi connectivity index (χ0) is 11.6. The van der Waals surface area contributed by atoms with Gasteiger partial charge in [0, 0.05) is 12.6 Å². The molecular weight excluding hydrogens is 196 g/mol. The Labute approximate surface area is 101 Å². The molecule has 0 bridgehead atoms. The summed E-state index contributed by atoms with van der Waals surface area (Å²) in [6, 6.07) is 0.805. The molecule has 0 aromatic carbocycles. The van der Waals surface area contributed by atoms with Gasteiger partial charge in [-0.3, -0.25) is 0 Å². The summed E-state index contributed by atoms with van der Waals surface area (Å²) in [5.41, 5.74) is 0.755. The molecule has 16 heavy (non-hydrogen) atoms. The molecule has 1 unspecified atom stereocenters. The maximum atomic E-state index is 3.49. The van der Waals surface area contributed by atoms with Gasteiger partial charge < -0.3 is 10.2 Å². The Morgan fingerprint density at radius 2 is 1.88 bits per heavy atom. The van der Waals surface area contributed by atoms with Crippen molar-refractivity contribution in [3.8, 4) is 0 Å². The predicted octanol–water partition coefficient (Wildman–Crippen LogP) is 2.50. The average molecular weight is 224 g/mol. The second kappa shape index (κ2) is 5.05. The first kappa shape index (κ1) is 12.4. The van der Waals surface area contributed by atoms with Crippen molar-refractivity contribution in [1.29, 1.82) is 0 Å². The summed E-state index contributed by atoms with van der Waals surface area (Å²) in [4.78, 5) is 2.61. The molecule has 1 heterocycles. The molecule has 1 spiro atoms. The summed E-state index contributed by atoms with van der Waals surface area (Å²) in [7, 11) is 2.32. The Hall–Kier alpha value is -0.0800. The van der Waals surface area contributed by atoms with E-state index in [9.17, 15) is 0 Å². The van der Waals surface area contributed by atoms with Crippen LogP contribution >= 0.6 is 0 Å². The quantitative estimate of drug-likeness (QED) is 0.772. The Balaban J connectivity index is 1.79. The first-order chi connectivity index (χ1) is 7.72. The Kier molecular flexibility index (Phi) is 3.91. The van der Waals surface area contributed by atoms with Crippen LogP contribution in [0.4, 0.5) is 0 Å². The van der Waals surface area contributed by atoms with E-state index < -0.39 is 0 Å². The summed E-state index contributed by atoms with van der Waals surface area (Å²) in [5.74, 6) is 1.00. The van der Waals surface area contributed by atoms with Crippen molar-refractivity contribution < 1.29 is 0 Å². The molecular formula is C14H28N2. The maximum absolute atomic E-state index is 3.49. The molecule has 2 rings (SSSR count). The van der Waals surface area contributed by atoms with Crippen LogP contribution in [0.15, 0.2) is 0 Å². The van der Waals surface area contributed by atoms with Crippen molar-refractivity contribution in [2.45, 2.75) is 52.0 Å². The van der Waals surface area contributed by atoms with E-state index in [1.54, 1.807) is 0 Å². The van der Waals surface area contributed by atoms with Gasteiger partial charge in [0.25, 0.3) is 0 Å². The molecule has 0 amide bonds. The van der Waals surface area contributed by atoms with Gasteiger partial charge in [-0.05, 0) is 63.6 Å². The van der Waals surface area contributed by atoms with Crippen molar-refractivity contribution in [2.75, 3.05) is 26.7 Å². The Morgan fingerprint density at radius 1 is 1.25 bits per heavy atom. The van der Waals surface area contributed by atoms with Crippen molar-refractivity contribution in [3.63, 3.8) is 0 Å². The van der Waals surface area contributed by atoms with Crippen LogP contribution in [0.25, 0.3) is 0 Å². The van der Waals surface area contributed by atoms with Crippen LogP contribution in [0, 0.1) is 11.3 Å². The molecule has 0 aromatic heterocycles. The molecule has 1 saturated heterocycles. The first-order valence-corrected chi connectivity index (χ1v) is 7.13. The highest BCUT2D eigenvalue weighted by molar-refractivity contribution is 5.05. The van der Waals surface area contributed by atoms with Crippen molar-refractivity contribution in [3.05, 3.63) is 0 Å². The van der Waals surface area contributed by atoms with Gasteiger partial charge in [-0.2, -0.15) is 0 Å². The van der Waals surface area contributed by atoms with Crippen LogP contribution < -0.4 is 5.32 Å². The highest BCUT2D eigenvalue weighted by Crippen LogP contribution is 2.58. The number of piperidine rings is 1. The average Bonchev–Trinajstić information content (AvgIpc) is 2.93. The van der Waals surface area contributed by atoms with Gasteiger partial charge in [0.2, 0.25) is 0 Å². The maximum Gasteiger partial charge on any atom is 0.00870 e. The zero-order valence-corrected chi connectivity index (χ0v) is 11.3. The predicted molar refractivity (Wildman–Crippen MR) is 69.6 cm³/mol. The van der Waals surface area contributed by atoms with E-state index in [2.05, 4.69) is 31.1 Å². The normalized spacial score (nSPS) is 27.9. The van der Waals surface area contributed by atoms with Crippen molar-refractivity contribution in [2.24, 2.45) is 11.3 Å². The topological polar surface area (TPSA) is 15.3 Å². The molecule has 0 aromatic rings. The Bertz CT molecular complexity index is 217. The van der Waals surface area contributed by atoms with Gasteiger partial charge in [0.05, 0.1) is 0 Å². The molecule has 2 fully saturated rings. The van der Waals surface area contributed by atoms with Gasteiger partial charge in [-0.15, -0.1) is 0 Å². The van der Waals surface area contributed by atoms with Crippen LogP contribution in [0.1, 0.15) is 46.0 Å². The third-order valence-corrected chi connectivity index (χ3v) is 5.03. The second-order valence-corrected chi connectivity index (χ2v) is 5.92. The summed E-state index contributed by atoms with van der Waals surface area (Å²) in [6.07, 6.45) is 6.95. The minimum Gasteiger partial charge on any atom is -0.317 e. The Morgan fingerprint density at radius 3 is 2.44 bits per heavy atom. The SMILES string of the molecule is CCC(CC)N(C)CC1CC12CCNCC2. The molecule has 1 saturated carbocycles. The molecule has 2 nitrogen and oxygen atoms in total. The molecule has 1 aliphatic carbocycles. The van der Waals surface area contributed by atoms with E-state index in [0.29, 0.717) is 0 Å². The number of hydrogen-bond acceptors (Lipinski definition) is 2. The molecule has 1 aliphatic heterocycles. The van der Waals surface area contributed by atoms with Crippen LogP contribution in [-0.4, -0.2) is 37.6 Å². The van der Waals surface area contributed by atoms with E-state index in [-0.39, 0.29) is 0 Å². The number of rotatable bonds is 5. The lowest BCUT2D eigenvalue weighted by Crippen LogP contribution is -2.35. The fourth-order valence-electron chi connectivity index (χ4n) is 3.64. The van der Waals surface area contributed by atoms with E-state index in [0.717, 1.165) is 17.4 Å². The first-order valence-electron chi connectivity index (χ1n) is 7.13. The summed E-state index contributed by atoms with van der Waals surface area (Å²) >= 11 is 0. The minimum atomic E-state index is 0.755. The highest BCUT2D eigenvalue weighted by Gasteiger charge is 2.53. The fraction of sp³-hybridized carbons (Fsp3) is 1.00. The molecule has 1 atom stereocenters. The van der Waals surface area contributed by atoms with Gasteiger partial charge in [-0.25, -0.2) is 0 Å². The summed E-state index contributed by atoms with van der Waals surface area (Å²) < 4.78 is 0. The number of nitrogens with zero attached hydrogens (tertiary/aromatic N) is 1. The third-order valence-electron chi connectivity index (χ3n) is 5.03. The van der Waals surface area contributed by atoms with E-state index in [1.165, 1.54) is 51.7 Å². The monoisotopic (exact) mass is 224 g/mol. The molecule has 2 aliphatic rings. The van der Waals surface area contributed by atoms with Gasteiger partial charge in [0.1, 0.15) is 0 Å². The lowest BCUT2D eigenvalue weighted by molar-refractivity contribution is 0.199. The smallest absolute Gasteiger partial charge is 0.00870 e. The van der Waals surface area contributed by atoms with E-state index in [1.807, 2.05) is 0 Å². The van der Waals surface area contributed by atoms with Crippen LogP contribution in [0.3, 0.4) is 0 Å². The lowest BCUT2D eigenvalue weighted by Gasteiger charge is -2.29. The van der Waals surface area contributed by atoms with Gasteiger partial charge in [-0.1, -0.05) is 13.8 Å². The number of hydrogen-bond donors (Lipinski definition) is 1. The van der Waals surface area contributed by atoms with Crippen LogP contribution in [-0.2, 0) is 0 Å². The van der Waals surface area contributed by atoms with E-state index >= 15 is 0 Å². The molecule has 94 valence electrons. The van der Waals surface area contributed by atoms with Gasteiger partial charge in [0.15, 0.2) is 0 Å². The lowest BCUT2D eigenvalue weighted by atomic mass is 9.91. The fourth-order valence-corrected chi connectivity index (χ4v) is 3.64. The molecule has 0 radical (unpaired) electrons. The van der Waals surface area contributed by atoms with E-state index in [4.69, 9.17) is 0 Å².